The molecule has 1 aliphatic heterocycles. The maximum absolute atomic E-state index is 13.2. The fourth-order valence-electron chi connectivity index (χ4n) is 3.32. The summed E-state index contributed by atoms with van der Waals surface area (Å²) in [4.78, 5) is 34.5. The van der Waals surface area contributed by atoms with Crippen molar-refractivity contribution in [1.82, 2.24) is 14.9 Å². The second kappa shape index (κ2) is 7.72. The second-order valence-electron chi connectivity index (χ2n) is 7.20. The van der Waals surface area contributed by atoms with Gasteiger partial charge in [0.05, 0.1) is 23.0 Å². The van der Waals surface area contributed by atoms with Crippen LogP contribution in [0.3, 0.4) is 0 Å². The molecule has 0 bridgehead atoms. The molecule has 1 aromatic heterocycles. The molecule has 1 aliphatic rings. The molecule has 1 amide bonds. The smallest absolute Gasteiger partial charge is 0.258 e. The number of hydrogen-bond donors (Lipinski definition) is 1. The summed E-state index contributed by atoms with van der Waals surface area (Å²) in [7, 11) is 0. The van der Waals surface area contributed by atoms with E-state index in [4.69, 9.17) is 16.3 Å². The van der Waals surface area contributed by atoms with Gasteiger partial charge >= 0.3 is 0 Å². The van der Waals surface area contributed by atoms with Gasteiger partial charge in [-0.2, -0.15) is 0 Å². The lowest BCUT2D eigenvalue weighted by molar-refractivity contribution is -0.129. The molecule has 0 aliphatic carbocycles. The molecule has 0 spiro atoms. The molecular formula is C22H20ClN3O3. The van der Waals surface area contributed by atoms with E-state index in [0.717, 1.165) is 5.56 Å². The van der Waals surface area contributed by atoms with Crippen LogP contribution >= 0.6 is 11.6 Å². The van der Waals surface area contributed by atoms with Crippen LogP contribution in [-0.4, -0.2) is 33.4 Å². The average Bonchev–Trinajstić information content (AvgIpc) is 2.71. The van der Waals surface area contributed by atoms with Crippen molar-refractivity contribution in [2.24, 2.45) is 0 Å². The van der Waals surface area contributed by atoms with Crippen LogP contribution in [0.1, 0.15) is 25.2 Å². The first-order valence-electron chi connectivity index (χ1n) is 9.34. The maximum Gasteiger partial charge on any atom is 0.258 e. The van der Waals surface area contributed by atoms with Crippen LogP contribution in [0.5, 0.6) is 5.75 Å². The molecule has 1 N–H and O–H groups in total. The molecule has 0 saturated carbocycles. The number of nitrogens with one attached hydrogen (secondary N) is 1. The summed E-state index contributed by atoms with van der Waals surface area (Å²) in [5.74, 6) is 0.973. The number of hydrogen-bond acceptors (Lipinski definition) is 4. The quantitative estimate of drug-likeness (QED) is 0.711. The van der Waals surface area contributed by atoms with E-state index in [1.54, 1.807) is 47.4 Å². The van der Waals surface area contributed by atoms with Gasteiger partial charge in [-0.25, -0.2) is 4.98 Å². The van der Waals surface area contributed by atoms with E-state index in [1.807, 2.05) is 19.9 Å². The molecule has 3 aromatic rings. The number of para-hydroxylation sites is 1. The zero-order valence-electron chi connectivity index (χ0n) is 16.1. The number of rotatable bonds is 4. The van der Waals surface area contributed by atoms with Gasteiger partial charge in [0.15, 0.2) is 0 Å². The molecule has 2 aromatic carbocycles. The zero-order valence-corrected chi connectivity index (χ0v) is 16.9. The van der Waals surface area contributed by atoms with Crippen molar-refractivity contribution in [2.75, 3.05) is 6.61 Å². The first-order valence-corrected chi connectivity index (χ1v) is 9.72. The molecule has 0 radical (unpaired) electrons. The number of benzene rings is 2. The van der Waals surface area contributed by atoms with Crippen LogP contribution in [0, 0.1) is 0 Å². The molecular weight excluding hydrogens is 390 g/mol. The van der Waals surface area contributed by atoms with Crippen molar-refractivity contribution in [3.63, 3.8) is 0 Å². The molecule has 0 unspecified atom stereocenters. The van der Waals surface area contributed by atoms with E-state index in [9.17, 15) is 9.59 Å². The van der Waals surface area contributed by atoms with Crippen molar-refractivity contribution in [2.45, 2.75) is 26.4 Å². The maximum atomic E-state index is 13.2. The second-order valence-corrected chi connectivity index (χ2v) is 7.63. The van der Waals surface area contributed by atoms with Gasteiger partial charge in [0.25, 0.3) is 11.5 Å². The lowest BCUT2D eigenvalue weighted by Gasteiger charge is -2.28. The Kier molecular flexibility index (Phi) is 5.11. The summed E-state index contributed by atoms with van der Waals surface area (Å²) in [5.41, 5.74) is 1.68. The van der Waals surface area contributed by atoms with Crippen LogP contribution in [0.25, 0.3) is 17.0 Å². The predicted molar refractivity (Wildman–Crippen MR) is 113 cm³/mol. The summed E-state index contributed by atoms with van der Waals surface area (Å²) in [5, 5.41) is 1.10. The molecule has 4 rings (SSSR count). The minimum atomic E-state index is -0.217. The van der Waals surface area contributed by atoms with Crippen LogP contribution in [0.2, 0.25) is 5.02 Å². The van der Waals surface area contributed by atoms with Crippen LogP contribution in [0.15, 0.2) is 52.8 Å². The van der Waals surface area contributed by atoms with Crippen molar-refractivity contribution in [1.29, 1.82) is 0 Å². The molecule has 0 fully saturated rings. The third-order valence-electron chi connectivity index (χ3n) is 4.83. The van der Waals surface area contributed by atoms with Crippen molar-refractivity contribution in [3.8, 4) is 5.75 Å². The van der Waals surface area contributed by atoms with Crippen molar-refractivity contribution < 1.29 is 9.53 Å². The van der Waals surface area contributed by atoms with Crippen LogP contribution in [-0.2, 0) is 11.3 Å². The molecule has 29 heavy (non-hydrogen) atoms. The number of aromatic amines is 1. The Hall–Kier alpha value is -3.12. The number of carbonyl (C=O) groups excluding carboxylic acids is 1. The number of ether oxygens (including phenoxy) is 1. The third kappa shape index (κ3) is 3.89. The molecule has 148 valence electrons. The predicted octanol–water partition coefficient (Wildman–Crippen LogP) is 3.79. The van der Waals surface area contributed by atoms with E-state index in [0.29, 0.717) is 33.1 Å². The van der Waals surface area contributed by atoms with E-state index in [-0.39, 0.29) is 30.7 Å². The first-order chi connectivity index (χ1) is 13.9. The number of aromatic nitrogens is 2. The van der Waals surface area contributed by atoms with Crippen LogP contribution < -0.4 is 10.3 Å². The largest absolute Gasteiger partial charge is 0.488 e. The minimum absolute atomic E-state index is 0.0964. The Morgan fingerprint density at radius 3 is 2.86 bits per heavy atom. The highest BCUT2D eigenvalue weighted by atomic mass is 35.5. The van der Waals surface area contributed by atoms with Gasteiger partial charge in [-0.3, -0.25) is 9.59 Å². The Bertz CT molecular complexity index is 1180. The van der Waals surface area contributed by atoms with Gasteiger partial charge in [-0.1, -0.05) is 23.7 Å². The Morgan fingerprint density at radius 2 is 2.07 bits per heavy atom. The molecule has 6 nitrogen and oxygen atoms in total. The van der Waals surface area contributed by atoms with Gasteiger partial charge in [0.1, 0.15) is 18.2 Å². The van der Waals surface area contributed by atoms with Gasteiger partial charge in [0.2, 0.25) is 0 Å². The van der Waals surface area contributed by atoms with E-state index in [2.05, 4.69) is 9.97 Å². The van der Waals surface area contributed by atoms with Crippen LogP contribution in [0.4, 0.5) is 0 Å². The Balaban J connectivity index is 1.65. The van der Waals surface area contributed by atoms with Gasteiger partial charge < -0.3 is 14.6 Å². The highest BCUT2D eigenvalue weighted by Crippen LogP contribution is 2.30. The topological polar surface area (TPSA) is 75.3 Å². The number of carbonyl (C=O) groups is 1. The fourth-order valence-corrected chi connectivity index (χ4v) is 3.50. The van der Waals surface area contributed by atoms with Gasteiger partial charge in [0, 0.05) is 16.6 Å². The summed E-state index contributed by atoms with van der Waals surface area (Å²) in [6.45, 7) is 4.22. The number of nitrogens with zero attached hydrogens (tertiary/aromatic N) is 2. The van der Waals surface area contributed by atoms with Crippen molar-refractivity contribution >= 4 is 34.5 Å². The van der Waals surface area contributed by atoms with Gasteiger partial charge in [-0.05, 0) is 50.3 Å². The summed E-state index contributed by atoms with van der Waals surface area (Å²) >= 11 is 6.06. The minimum Gasteiger partial charge on any atom is -0.488 e. The lowest BCUT2D eigenvalue weighted by atomic mass is 10.1. The van der Waals surface area contributed by atoms with E-state index < -0.39 is 0 Å². The molecule has 0 saturated heterocycles. The number of amides is 1. The Labute approximate surface area is 172 Å². The number of fused-ring (bicyclic) bond motifs is 2. The monoisotopic (exact) mass is 409 g/mol. The zero-order chi connectivity index (χ0) is 20.5. The normalized spacial score (nSPS) is 13.0. The summed E-state index contributed by atoms with van der Waals surface area (Å²) < 4.78 is 5.72. The Morgan fingerprint density at radius 1 is 1.28 bits per heavy atom. The standard InChI is InChI=1S/C22H20ClN3O3/c1-13(2)26(11-20-24-18-6-4-3-5-17(18)21(27)25-20)22(28)15-9-14-10-16(23)7-8-19(14)29-12-15/h3-10,13H,11-12H2,1-2H3,(H,24,25,27). The highest BCUT2D eigenvalue weighted by Gasteiger charge is 2.25. The molecule has 0 atom stereocenters. The van der Waals surface area contributed by atoms with E-state index >= 15 is 0 Å². The highest BCUT2D eigenvalue weighted by molar-refractivity contribution is 6.30. The lowest BCUT2D eigenvalue weighted by Crippen LogP contribution is -2.39. The van der Waals surface area contributed by atoms with E-state index in [1.165, 1.54) is 0 Å². The first kappa shape index (κ1) is 19.2. The SMILES string of the molecule is CC(C)N(Cc1nc2ccccc2c(=O)[nH]1)C(=O)C1=Cc2cc(Cl)ccc2OC1. The average molecular weight is 410 g/mol. The number of halogens is 1. The summed E-state index contributed by atoms with van der Waals surface area (Å²) in [6, 6.07) is 12.4. The molecule has 2 heterocycles. The van der Waals surface area contributed by atoms with Gasteiger partial charge in [-0.15, -0.1) is 0 Å². The third-order valence-corrected chi connectivity index (χ3v) is 5.06. The summed E-state index contributed by atoms with van der Waals surface area (Å²) in [6.07, 6.45) is 1.80. The molecule has 7 heteroatoms. The number of H-pyrrole nitrogens is 1. The van der Waals surface area contributed by atoms with Crippen molar-refractivity contribution in [3.05, 3.63) is 74.8 Å². The fraction of sp³-hybridized carbons (Fsp3) is 0.227.